The van der Waals surface area contributed by atoms with Crippen molar-refractivity contribution < 1.29 is 14.3 Å². The van der Waals surface area contributed by atoms with Crippen LogP contribution in [-0.4, -0.2) is 28.8 Å². The lowest BCUT2D eigenvalue weighted by Crippen LogP contribution is -2.41. The molecular weight excluding hydrogens is 332 g/mol. The van der Waals surface area contributed by atoms with Crippen LogP contribution in [0, 0.1) is 0 Å². The molecule has 1 aromatic heterocycles. The average molecular weight is 351 g/mol. The Kier molecular flexibility index (Phi) is 4.04. The van der Waals surface area contributed by atoms with Gasteiger partial charge in [-0.25, -0.2) is 0 Å². The maximum absolute atomic E-state index is 12.5. The van der Waals surface area contributed by atoms with Crippen molar-refractivity contribution in [3.8, 4) is 11.5 Å². The van der Waals surface area contributed by atoms with Crippen LogP contribution < -0.4 is 20.5 Å². The highest BCUT2D eigenvalue weighted by atomic mass is 35.5. The van der Waals surface area contributed by atoms with E-state index in [9.17, 15) is 4.79 Å². The van der Waals surface area contributed by atoms with Crippen molar-refractivity contribution in [2.24, 2.45) is 0 Å². The minimum atomic E-state index is -0.420. The van der Waals surface area contributed by atoms with Crippen molar-refractivity contribution in [1.82, 2.24) is 15.5 Å². The summed E-state index contributed by atoms with van der Waals surface area (Å²) in [4.78, 5) is 12.5. The number of hydrogen-bond donors (Lipinski definition) is 3. The summed E-state index contributed by atoms with van der Waals surface area (Å²) in [6.45, 7) is 3.95. The molecule has 1 aliphatic heterocycles. The van der Waals surface area contributed by atoms with Crippen LogP contribution in [-0.2, 0) is 0 Å². The van der Waals surface area contributed by atoms with Gasteiger partial charge >= 0.3 is 0 Å². The van der Waals surface area contributed by atoms with Gasteiger partial charge in [0.1, 0.15) is 27.8 Å². The van der Waals surface area contributed by atoms with Crippen LogP contribution in [0.25, 0.3) is 0 Å². The Balaban J connectivity index is 1.92. The van der Waals surface area contributed by atoms with Crippen LogP contribution in [0.5, 0.6) is 11.5 Å². The molecule has 2 aromatic rings. The third-order valence-corrected chi connectivity index (χ3v) is 4.32. The number of methoxy groups -OCH3 is 1. The van der Waals surface area contributed by atoms with Gasteiger partial charge in [0.2, 0.25) is 0 Å². The van der Waals surface area contributed by atoms with Crippen molar-refractivity contribution in [1.29, 1.82) is 0 Å². The summed E-state index contributed by atoms with van der Waals surface area (Å²) in [5.41, 5.74) is 6.15. The Labute approximate surface area is 144 Å². The van der Waals surface area contributed by atoms with E-state index in [1.54, 1.807) is 7.11 Å². The third kappa shape index (κ3) is 2.99. The third-order valence-electron chi connectivity index (χ3n) is 3.94. The van der Waals surface area contributed by atoms with E-state index < -0.39 is 5.60 Å². The molecular formula is C16H19ClN4O3. The van der Waals surface area contributed by atoms with Crippen LogP contribution in [0.3, 0.4) is 0 Å². The van der Waals surface area contributed by atoms with Crippen molar-refractivity contribution in [2.75, 3.05) is 12.8 Å². The minimum Gasteiger partial charge on any atom is -0.497 e. The number of carbonyl (C=O) groups is 1. The number of carbonyl (C=O) groups excluding carboxylic acids is 1. The molecule has 0 saturated carbocycles. The maximum atomic E-state index is 12.5. The van der Waals surface area contributed by atoms with Gasteiger partial charge in [-0.15, -0.1) is 0 Å². The van der Waals surface area contributed by atoms with Gasteiger partial charge in [0.05, 0.1) is 13.2 Å². The number of fused-ring (bicyclic) bond motifs is 1. The molecule has 0 fully saturated rings. The van der Waals surface area contributed by atoms with Crippen molar-refractivity contribution in [3.63, 3.8) is 0 Å². The summed E-state index contributed by atoms with van der Waals surface area (Å²) in [6.07, 6.45) is 0.597. The predicted octanol–water partition coefficient (Wildman–Crippen LogP) is 2.69. The molecule has 24 heavy (non-hydrogen) atoms. The Morgan fingerprint density at radius 2 is 2.29 bits per heavy atom. The predicted molar refractivity (Wildman–Crippen MR) is 90.5 cm³/mol. The molecule has 2 heterocycles. The topological polar surface area (TPSA) is 102 Å². The number of nitrogens with zero attached hydrogens (tertiary/aromatic N) is 1. The van der Waals surface area contributed by atoms with Gasteiger partial charge in [0.15, 0.2) is 5.82 Å². The van der Waals surface area contributed by atoms with Gasteiger partial charge in [-0.1, -0.05) is 11.6 Å². The molecule has 0 aliphatic carbocycles. The number of halogens is 1. The number of ether oxygens (including phenoxy) is 2. The first-order chi connectivity index (χ1) is 11.3. The van der Waals surface area contributed by atoms with Crippen molar-refractivity contribution >= 4 is 23.3 Å². The fourth-order valence-corrected chi connectivity index (χ4v) is 2.98. The number of aromatic amines is 1. The highest BCUT2D eigenvalue weighted by molar-refractivity contribution is 6.35. The number of hydrogen-bond acceptors (Lipinski definition) is 5. The first-order valence-electron chi connectivity index (χ1n) is 7.48. The first kappa shape index (κ1) is 16.4. The maximum Gasteiger partial charge on any atom is 0.271 e. The van der Waals surface area contributed by atoms with Gasteiger partial charge < -0.3 is 20.5 Å². The number of nitrogen functional groups attached to an aromatic ring is 1. The molecule has 1 amide bonds. The SMILES string of the molecule is COc1ccc2c(c1)C(NC(=O)c1[nH]nc(N)c1Cl)CC(C)(C)O2. The molecule has 0 bridgehead atoms. The first-order valence-corrected chi connectivity index (χ1v) is 7.85. The van der Waals surface area contributed by atoms with Crippen LogP contribution >= 0.6 is 11.6 Å². The monoisotopic (exact) mass is 350 g/mol. The molecule has 1 aromatic carbocycles. The number of nitrogens with two attached hydrogens (primary N) is 1. The van der Waals surface area contributed by atoms with E-state index in [-0.39, 0.29) is 28.5 Å². The van der Waals surface area contributed by atoms with E-state index in [0.717, 1.165) is 5.56 Å². The molecule has 3 rings (SSSR count). The molecule has 128 valence electrons. The number of rotatable bonds is 3. The van der Waals surface area contributed by atoms with Crippen molar-refractivity contribution in [3.05, 3.63) is 34.5 Å². The van der Waals surface area contributed by atoms with Crippen LogP contribution in [0.15, 0.2) is 18.2 Å². The molecule has 4 N–H and O–H groups in total. The zero-order valence-corrected chi connectivity index (χ0v) is 14.4. The molecule has 1 atom stereocenters. The van der Waals surface area contributed by atoms with E-state index in [1.807, 2.05) is 32.0 Å². The number of nitrogens with one attached hydrogen (secondary N) is 2. The van der Waals surface area contributed by atoms with Gasteiger partial charge in [-0.3, -0.25) is 9.89 Å². The number of anilines is 1. The standard InChI is InChI=1S/C16H19ClN4O3/c1-16(2)7-10(9-6-8(23-3)4-5-11(9)24-16)19-15(22)13-12(17)14(18)21-20-13/h4-6,10H,7H2,1-3H3,(H,19,22)(H3,18,20,21). The zero-order chi connectivity index (χ0) is 17.5. The molecule has 1 aliphatic rings. The lowest BCUT2D eigenvalue weighted by molar-refractivity contribution is 0.0616. The summed E-state index contributed by atoms with van der Waals surface area (Å²) < 4.78 is 11.3. The minimum absolute atomic E-state index is 0.0937. The second-order valence-corrected chi connectivity index (χ2v) is 6.67. The molecule has 0 saturated heterocycles. The number of amides is 1. The van der Waals surface area contributed by atoms with Crippen LogP contribution in [0.4, 0.5) is 5.82 Å². The molecule has 0 spiro atoms. The highest BCUT2D eigenvalue weighted by Crippen LogP contribution is 2.41. The van der Waals surface area contributed by atoms with Gasteiger partial charge in [-0.05, 0) is 32.0 Å². The summed E-state index contributed by atoms with van der Waals surface area (Å²) in [6, 6.07) is 5.27. The number of benzene rings is 1. The second kappa shape index (κ2) is 5.90. The summed E-state index contributed by atoms with van der Waals surface area (Å²) in [5.74, 6) is 1.13. The Morgan fingerprint density at radius 1 is 1.54 bits per heavy atom. The van der Waals surface area contributed by atoms with E-state index in [1.165, 1.54) is 0 Å². The summed E-state index contributed by atoms with van der Waals surface area (Å²) >= 11 is 6.00. The number of aromatic nitrogens is 2. The number of H-pyrrole nitrogens is 1. The quantitative estimate of drug-likeness (QED) is 0.789. The van der Waals surface area contributed by atoms with E-state index in [4.69, 9.17) is 26.8 Å². The molecule has 1 unspecified atom stereocenters. The van der Waals surface area contributed by atoms with Crippen molar-refractivity contribution in [2.45, 2.75) is 31.9 Å². The second-order valence-electron chi connectivity index (χ2n) is 6.29. The van der Waals surface area contributed by atoms with Crippen LogP contribution in [0.1, 0.15) is 42.4 Å². The highest BCUT2D eigenvalue weighted by Gasteiger charge is 2.35. The summed E-state index contributed by atoms with van der Waals surface area (Å²) in [5, 5.41) is 9.38. The summed E-state index contributed by atoms with van der Waals surface area (Å²) in [7, 11) is 1.59. The Morgan fingerprint density at radius 3 is 2.92 bits per heavy atom. The fraction of sp³-hybridized carbons (Fsp3) is 0.375. The smallest absolute Gasteiger partial charge is 0.271 e. The fourth-order valence-electron chi connectivity index (χ4n) is 2.81. The Hall–Kier alpha value is -2.41. The average Bonchev–Trinajstić information content (AvgIpc) is 2.85. The largest absolute Gasteiger partial charge is 0.497 e. The van der Waals surface area contributed by atoms with Gasteiger partial charge in [-0.2, -0.15) is 5.10 Å². The lowest BCUT2D eigenvalue weighted by atomic mass is 9.89. The van der Waals surface area contributed by atoms with E-state index in [2.05, 4.69) is 15.5 Å². The lowest BCUT2D eigenvalue weighted by Gasteiger charge is -2.38. The van der Waals surface area contributed by atoms with Crippen LogP contribution in [0.2, 0.25) is 5.02 Å². The zero-order valence-electron chi connectivity index (χ0n) is 13.6. The normalized spacial score (nSPS) is 18.4. The Bertz CT molecular complexity index is 788. The molecule has 8 heteroatoms. The van der Waals surface area contributed by atoms with Gasteiger partial charge in [0.25, 0.3) is 5.91 Å². The molecule has 0 radical (unpaired) electrons. The van der Waals surface area contributed by atoms with Gasteiger partial charge in [0, 0.05) is 12.0 Å². The van der Waals surface area contributed by atoms with E-state index in [0.29, 0.717) is 17.9 Å². The molecule has 7 nitrogen and oxygen atoms in total. The van der Waals surface area contributed by atoms with E-state index >= 15 is 0 Å².